The second-order valence-corrected chi connectivity index (χ2v) is 6.89. The van der Waals surface area contributed by atoms with Gasteiger partial charge in [0.1, 0.15) is 5.75 Å². The monoisotopic (exact) mass is 324 g/mol. The first-order valence-electron chi connectivity index (χ1n) is 8.93. The van der Waals surface area contributed by atoms with Crippen LogP contribution in [0.5, 0.6) is 5.75 Å². The summed E-state index contributed by atoms with van der Waals surface area (Å²) in [6, 6.07) is 19.5. The minimum atomic E-state index is 0.176. The summed E-state index contributed by atoms with van der Waals surface area (Å²) in [6.45, 7) is 10.1. The Morgan fingerprint density at radius 3 is 2.33 bits per heavy atom. The van der Waals surface area contributed by atoms with Crippen LogP contribution in [0, 0.1) is 0 Å². The molecule has 0 spiro atoms. The van der Waals surface area contributed by atoms with Crippen molar-refractivity contribution in [1.29, 1.82) is 0 Å². The van der Waals surface area contributed by atoms with Gasteiger partial charge in [0.05, 0.1) is 6.04 Å². The first-order chi connectivity index (χ1) is 11.6. The molecule has 128 valence electrons. The van der Waals surface area contributed by atoms with Crippen molar-refractivity contribution >= 4 is 0 Å². The van der Waals surface area contributed by atoms with Gasteiger partial charge in [-0.25, -0.2) is 0 Å². The molecular formula is C21H28N2O. The molecule has 1 N–H and O–H groups in total. The molecule has 3 rings (SSSR count). The molecule has 2 aromatic rings. The number of likely N-dealkylation sites (N-methyl/N-ethyl adjacent to an activating group) is 1. The average Bonchev–Trinajstić information content (AvgIpc) is 2.59. The summed E-state index contributed by atoms with van der Waals surface area (Å²) < 4.78 is 0. The molecule has 0 aromatic heterocycles. The van der Waals surface area contributed by atoms with E-state index >= 15 is 0 Å². The zero-order valence-corrected chi connectivity index (χ0v) is 14.9. The summed E-state index contributed by atoms with van der Waals surface area (Å²) >= 11 is 0. The number of rotatable bonds is 4. The molecule has 2 aromatic carbocycles. The molecule has 3 nitrogen and oxygen atoms in total. The van der Waals surface area contributed by atoms with Crippen LogP contribution in [-0.2, 0) is 0 Å². The highest BCUT2D eigenvalue weighted by molar-refractivity contribution is 5.36. The van der Waals surface area contributed by atoms with Gasteiger partial charge >= 0.3 is 0 Å². The topological polar surface area (TPSA) is 26.7 Å². The lowest BCUT2D eigenvalue weighted by molar-refractivity contribution is 0.0271. The Morgan fingerprint density at radius 1 is 0.958 bits per heavy atom. The van der Waals surface area contributed by atoms with Crippen LogP contribution in [0.1, 0.15) is 37.9 Å². The van der Waals surface area contributed by atoms with Crippen molar-refractivity contribution in [1.82, 2.24) is 9.80 Å². The quantitative estimate of drug-likeness (QED) is 0.924. The van der Waals surface area contributed by atoms with E-state index in [4.69, 9.17) is 0 Å². The largest absolute Gasteiger partial charge is 0.508 e. The first kappa shape index (κ1) is 17.0. The van der Waals surface area contributed by atoms with Gasteiger partial charge in [0.15, 0.2) is 0 Å². The van der Waals surface area contributed by atoms with Crippen molar-refractivity contribution < 1.29 is 5.11 Å². The lowest BCUT2D eigenvalue weighted by atomic mass is 9.93. The van der Waals surface area contributed by atoms with E-state index in [-0.39, 0.29) is 6.04 Å². The number of phenolic OH excluding ortho intramolecular Hbond substituents is 1. The molecule has 0 bridgehead atoms. The van der Waals surface area contributed by atoms with Gasteiger partial charge in [-0.2, -0.15) is 0 Å². The van der Waals surface area contributed by atoms with Crippen LogP contribution >= 0.6 is 0 Å². The van der Waals surface area contributed by atoms with E-state index < -0.39 is 0 Å². The van der Waals surface area contributed by atoms with Gasteiger partial charge in [-0.1, -0.05) is 49.4 Å². The molecule has 0 radical (unpaired) electrons. The lowest BCUT2D eigenvalue weighted by Crippen LogP contribution is -2.57. The Bertz CT molecular complexity index is 658. The molecule has 1 fully saturated rings. The fourth-order valence-corrected chi connectivity index (χ4v) is 3.93. The van der Waals surface area contributed by atoms with E-state index in [1.165, 1.54) is 5.56 Å². The third-order valence-corrected chi connectivity index (χ3v) is 5.20. The molecule has 0 aliphatic carbocycles. The van der Waals surface area contributed by atoms with Crippen LogP contribution in [0.3, 0.4) is 0 Å². The van der Waals surface area contributed by atoms with Crippen molar-refractivity contribution in [3.05, 3.63) is 65.7 Å². The molecule has 1 saturated heterocycles. The van der Waals surface area contributed by atoms with Gasteiger partial charge in [-0.3, -0.25) is 9.80 Å². The Morgan fingerprint density at radius 2 is 1.67 bits per heavy atom. The van der Waals surface area contributed by atoms with E-state index in [0.29, 0.717) is 17.8 Å². The standard InChI is InChI=1S/C21H28N2O/c1-4-22-14-17(3)23(15-16(22)2)21(18-9-6-5-7-10-18)19-11-8-12-20(24)13-19/h5-13,16-17,21,24H,4,14-15H2,1-3H3. The van der Waals surface area contributed by atoms with Crippen molar-refractivity contribution in [2.45, 2.75) is 38.9 Å². The number of hydrogen-bond donors (Lipinski definition) is 1. The van der Waals surface area contributed by atoms with Crippen molar-refractivity contribution in [3.63, 3.8) is 0 Å². The molecule has 0 saturated carbocycles. The second kappa shape index (κ2) is 7.37. The van der Waals surface area contributed by atoms with E-state index in [2.05, 4.69) is 67.0 Å². The Hall–Kier alpha value is -1.84. The Kier molecular flexibility index (Phi) is 5.22. The lowest BCUT2D eigenvalue weighted by Gasteiger charge is -2.47. The molecular weight excluding hydrogens is 296 g/mol. The summed E-state index contributed by atoms with van der Waals surface area (Å²) in [5.41, 5.74) is 2.44. The molecule has 1 aliphatic rings. The summed E-state index contributed by atoms with van der Waals surface area (Å²) in [6.07, 6.45) is 0. The molecule has 1 heterocycles. The zero-order chi connectivity index (χ0) is 17.1. The third kappa shape index (κ3) is 3.47. The van der Waals surface area contributed by atoms with Crippen LogP contribution < -0.4 is 0 Å². The van der Waals surface area contributed by atoms with Gasteiger partial charge in [0.2, 0.25) is 0 Å². The normalized spacial score (nSPS) is 24.0. The maximum absolute atomic E-state index is 9.98. The Labute approximate surface area is 145 Å². The van der Waals surface area contributed by atoms with Gasteiger partial charge in [0, 0.05) is 25.2 Å². The van der Waals surface area contributed by atoms with Gasteiger partial charge in [0.25, 0.3) is 0 Å². The molecule has 3 atom stereocenters. The summed E-state index contributed by atoms with van der Waals surface area (Å²) in [5, 5.41) is 9.98. The van der Waals surface area contributed by atoms with Crippen molar-refractivity contribution in [3.8, 4) is 5.75 Å². The highest BCUT2D eigenvalue weighted by atomic mass is 16.3. The van der Waals surface area contributed by atoms with Crippen LogP contribution in [0.15, 0.2) is 54.6 Å². The SMILES string of the molecule is CCN1CC(C)N(C(c2ccccc2)c2cccc(O)c2)CC1C. The molecule has 3 unspecified atom stereocenters. The van der Waals surface area contributed by atoms with Crippen LogP contribution in [0.4, 0.5) is 0 Å². The number of benzene rings is 2. The van der Waals surface area contributed by atoms with E-state index in [1.54, 1.807) is 6.07 Å². The minimum absolute atomic E-state index is 0.176. The number of hydrogen-bond acceptors (Lipinski definition) is 3. The maximum Gasteiger partial charge on any atom is 0.115 e. The van der Waals surface area contributed by atoms with Crippen molar-refractivity contribution in [2.75, 3.05) is 19.6 Å². The van der Waals surface area contributed by atoms with Crippen LogP contribution in [0.2, 0.25) is 0 Å². The molecule has 0 amide bonds. The predicted octanol–water partition coefficient (Wildman–Crippen LogP) is 3.90. The Balaban J connectivity index is 1.99. The smallest absolute Gasteiger partial charge is 0.115 e. The first-order valence-corrected chi connectivity index (χ1v) is 8.93. The third-order valence-electron chi connectivity index (χ3n) is 5.20. The second-order valence-electron chi connectivity index (χ2n) is 6.89. The summed E-state index contributed by atoms with van der Waals surface area (Å²) in [5.74, 6) is 0.335. The number of aromatic hydroxyl groups is 1. The van der Waals surface area contributed by atoms with Crippen LogP contribution in [-0.4, -0.2) is 46.6 Å². The number of nitrogens with zero attached hydrogens (tertiary/aromatic N) is 2. The average molecular weight is 324 g/mol. The van der Waals surface area contributed by atoms with E-state index in [9.17, 15) is 5.11 Å². The molecule has 1 aliphatic heterocycles. The minimum Gasteiger partial charge on any atom is -0.508 e. The van der Waals surface area contributed by atoms with E-state index in [1.807, 2.05) is 12.1 Å². The van der Waals surface area contributed by atoms with E-state index in [0.717, 1.165) is 25.2 Å². The fourth-order valence-electron chi connectivity index (χ4n) is 3.93. The highest BCUT2D eigenvalue weighted by Crippen LogP contribution is 2.34. The van der Waals surface area contributed by atoms with Crippen molar-refractivity contribution in [2.24, 2.45) is 0 Å². The van der Waals surface area contributed by atoms with Gasteiger partial charge in [-0.15, -0.1) is 0 Å². The van der Waals surface area contributed by atoms with Gasteiger partial charge < -0.3 is 5.11 Å². The number of piperazine rings is 1. The maximum atomic E-state index is 9.98. The molecule has 3 heteroatoms. The zero-order valence-electron chi connectivity index (χ0n) is 14.9. The summed E-state index contributed by atoms with van der Waals surface area (Å²) in [4.78, 5) is 5.13. The predicted molar refractivity (Wildman–Crippen MR) is 99.3 cm³/mol. The summed E-state index contributed by atoms with van der Waals surface area (Å²) in [7, 11) is 0. The molecule has 24 heavy (non-hydrogen) atoms. The van der Waals surface area contributed by atoms with Crippen LogP contribution in [0.25, 0.3) is 0 Å². The van der Waals surface area contributed by atoms with Gasteiger partial charge in [-0.05, 0) is 43.7 Å². The fraction of sp³-hybridized carbons (Fsp3) is 0.429. The highest BCUT2D eigenvalue weighted by Gasteiger charge is 2.34. The number of phenols is 1.